The van der Waals surface area contributed by atoms with Gasteiger partial charge >= 0.3 is 0 Å². The highest BCUT2D eigenvalue weighted by Crippen LogP contribution is 2.37. The lowest BCUT2D eigenvalue weighted by atomic mass is 9.70. The summed E-state index contributed by atoms with van der Waals surface area (Å²) in [7, 11) is 0. The van der Waals surface area contributed by atoms with Crippen LogP contribution in [0, 0.1) is 0 Å². The Hall–Kier alpha value is -1.35. The molecule has 1 aliphatic heterocycles. The number of fused-ring (bicyclic) bond motifs is 1. The van der Waals surface area contributed by atoms with Gasteiger partial charge in [0.15, 0.2) is 0 Å². The quantitative estimate of drug-likeness (QED) is 0.835. The molecule has 0 aliphatic carbocycles. The third-order valence-electron chi connectivity index (χ3n) is 4.86. The minimum absolute atomic E-state index is 0.0835. The van der Waals surface area contributed by atoms with Crippen molar-refractivity contribution in [2.45, 2.75) is 45.4 Å². The summed E-state index contributed by atoms with van der Waals surface area (Å²) in [6.45, 7) is 10.7. The Balaban J connectivity index is 2.30. The Morgan fingerprint density at radius 2 is 1.86 bits per heavy atom. The lowest BCUT2D eigenvalue weighted by Gasteiger charge is -2.40. The van der Waals surface area contributed by atoms with Gasteiger partial charge in [0.05, 0.1) is 0 Å². The molecular formula is C18H28N2O. The molecule has 0 spiro atoms. The molecule has 1 atom stereocenters. The number of carbonyl (C=O) groups is 1. The second kappa shape index (κ2) is 7.08. The van der Waals surface area contributed by atoms with E-state index in [1.165, 1.54) is 5.56 Å². The van der Waals surface area contributed by atoms with Crippen LogP contribution in [0.3, 0.4) is 0 Å². The molecule has 0 radical (unpaired) electrons. The Bertz CT molecular complexity index is 482. The van der Waals surface area contributed by atoms with E-state index in [1.54, 1.807) is 0 Å². The molecule has 0 saturated carbocycles. The van der Waals surface area contributed by atoms with Crippen LogP contribution in [-0.4, -0.2) is 37.0 Å². The zero-order chi connectivity index (χ0) is 15.3. The van der Waals surface area contributed by atoms with Crippen LogP contribution in [0.1, 0.15) is 56.0 Å². The normalized spacial score (nSPS) is 21.2. The Morgan fingerprint density at radius 3 is 2.52 bits per heavy atom. The van der Waals surface area contributed by atoms with Gasteiger partial charge in [-0.05, 0) is 44.1 Å². The van der Waals surface area contributed by atoms with Crippen molar-refractivity contribution < 1.29 is 4.79 Å². The van der Waals surface area contributed by atoms with E-state index in [9.17, 15) is 4.79 Å². The van der Waals surface area contributed by atoms with E-state index in [0.717, 1.165) is 51.0 Å². The van der Waals surface area contributed by atoms with Crippen LogP contribution in [-0.2, 0) is 5.41 Å². The Labute approximate surface area is 128 Å². The first-order valence-electron chi connectivity index (χ1n) is 8.27. The topological polar surface area (TPSA) is 32.3 Å². The monoisotopic (exact) mass is 288 g/mol. The van der Waals surface area contributed by atoms with Gasteiger partial charge in [-0.2, -0.15) is 0 Å². The maximum Gasteiger partial charge on any atom is 0.251 e. The molecule has 1 amide bonds. The van der Waals surface area contributed by atoms with Crippen molar-refractivity contribution in [1.29, 1.82) is 0 Å². The smallest absolute Gasteiger partial charge is 0.251 e. The van der Waals surface area contributed by atoms with Crippen molar-refractivity contribution in [2.24, 2.45) is 0 Å². The Kier molecular flexibility index (Phi) is 5.40. The maximum atomic E-state index is 12.1. The molecule has 0 saturated heterocycles. The van der Waals surface area contributed by atoms with Gasteiger partial charge in [-0.25, -0.2) is 0 Å². The van der Waals surface area contributed by atoms with Crippen LogP contribution >= 0.6 is 0 Å². The van der Waals surface area contributed by atoms with Crippen molar-refractivity contribution in [3.05, 3.63) is 35.4 Å². The molecule has 1 aromatic rings. The number of hydrogen-bond acceptors (Lipinski definition) is 2. The van der Waals surface area contributed by atoms with Gasteiger partial charge in [-0.3, -0.25) is 4.79 Å². The molecule has 21 heavy (non-hydrogen) atoms. The lowest BCUT2D eigenvalue weighted by molar-refractivity contribution is 0.0914. The van der Waals surface area contributed by atoms with E-state index in [4.69, 9.17) is 0 Å². The maximum absolute atomic E-state index is 12.1. The Morgan fingerprint density at radius 1 is 1.14 bits per heavy atom. The standard InChI is InChI=1S/C18H28N2O/c1-4-11-18(12-13-20(5-2)6-3)14-19-17(21)15-9-7-8-10-16(15)18/h7-10H,4-6,11-14H2,1-3H3,(H,19,21). The number of nitrogens with zero attached hydrogens (tertiary/aromatic N) is 1. The third-order valence-corrected chi connectivity index (χ3v) is 4.86. The molecule has 1 unspecified atom stereocenters. The van der Waals surface area contributed by atoms with Gasteiger partial charge in [0, 0.05) is 17.5 Å². The molecule has 2 rings (SSSR count). The summed E-state index contributed by atoms with van der Waals surface area (Å²) in [5.41, 5.74) is 2.22. The molecule has 3 heteroatoms. The van der Waals surface area contributed by atoms with Crippen molar-refractivity contribution in [3.8, 4) is 0 Å². The number of benzene rings is 1. The lowest BCUT2D eigenvalue weighted by Crippen LogP contribution is -2.48. The van der Waals surface area contributed by atoms with Crippen molar-refractivity contribution in [3.63, 3.8) is 0 Å². The van der Waals surface area contributed by atoms with Gasteiger partial charge in [0.1, 0.15) is 0 Å². The van der Waals surface area contributed by atoms with Gasteiger partial charge in [0.25, 0.3) is 5.91 Å². The average molecular weight is 288 g/mol. The second-order valence-corrected chi connectivity index (χ2v) is 6.04. The number of carbonyl (C=O) groups excluding carboxylic acids is 1. The molecule has 116 valence electrons. The van der Waals surface area contributed by atoms with Crippen molar-refractivity contribution in [1.82, 2.24) is 10.2 Å². The first-order valence-corrected chi connectivity index (χ1v) is 8.27. The van der Waals surface area contributed by atoms with Crippen LogP contribution in [0.5, 0.6) is 0 Å². The number of rotatable bonds is 7. The molecule has 1 heterocycles. The first-order chi connectivity index (χ1) is 10.2. The molecule has 0 aromatic heterocycles. The largest absolute Gasteiger partial charge is 0.351 e. The molecule has 1 N–H and O–H groups in total. The minimum Gasteiger partial charge on any atom is -0.351 e. The van der Waals surface area contributed by atoms with E-state index in [2.05, 4.69) is 43.1 Å². The minimum atomic E-state index is 0.0835. The molecule has 1 aliphatic rings. The summed E-state index contributed by atoms with van der Waals surface area (Å²) in [5, 5.41) is 3.12. The zero-order valence-corrected chi connectivity index (χ0v) is 13.6. The highest BCUT2D eigenvalue weighted by Gasteiger charge is 2.38. The molecule has 3 nitrogen and oxygen atoms in total. The van der Waals surface area contributed by atoms with Crippen LogP contribution in [0.2, 0.25) is 0 Å². The predicted octanol–water partition coefficient (Wildman–Crippen LogP) is 3.20. The first kappa shape index (κ1) is 16.0. The summed E-state index contributed by atoms with van der Waals surface area (Å²) in [6, 6.07) is 8.15. The number of amides is 1. The second-order valence-electron chi connectivity index (χ2n) is 6.04. The number of hydrogen-bond donors (Lipinski definition) is 1. The average Bonchev–Trinajstić information content (AvgIpc) is 2.52. The van der Waals surface area contributed by atoms with Crippen LogP contribution < -0.4 is 5.32 Å². The molecule has 0 fully saturated rings. The van der Waals surface area contributed by atoms with Crippen LogP contribution in [0.4, 0.5) is 0 Å². The fraction of sp³-hybridized carbons (Fsp3) is 0.611. The summed E-state index contributed by atoms with van der Waals surface area (Å²) in [4.78, 5) is 14.6. The summed E-state index contributed by atoms with van der Waals surface area (Å²) in [5.74, 6) is 0.0835. The molecule has 0 bridgehead atoms. The third kappa shape index (κ3) is 3.29. The van der Waals surface area contributed by atoms with Crippen molar-refractivity contribution in [2.75, 3.05) is 26.2 Å². The van der Waals surface area contributed by atoms with E-state index < -0.39 is 0 Å². The summed E-state index contributed by atoms with van der Waals surface area (Å²) >= 11 is 0. The van der Waals surface area contributed by atoms with Crippen LogP contribution in [0.15, 0.2) is 24.3 Å². The van der Waals surface area contributed by atoms with E-state index in [0.29, 0.717) is 0 Å². The summed E-state index contributed by atoms with van der Waals surface area (Å²) in [6.07, 6.45) is 3.38. The van der Waals surface area contributed by atoms with E-state index in [1.807, 2.05) is 12.1 Å². The fourth-order valence-electron chi connectivity index (χ4n) is 3.55. The molecular weight excluding hydrogens is 260 g/mol. The highest BCUT2D eigenvalue weighted by molar-refractivity contribution is 5.97. The summed E-state index contributed by atoms with van der Waals surface area (Å²) < 4.78 is 0. The van der Waals surface area contributed by atoms with Gasteiger partial charge in [0.2, 0.25) is 0 Å². The highest BCUT2D eigenvalue weighted by atomic mass is 16.1. The van der Waals surface area contributed by atoms with Crippen molar-refractivity contribution >= 4 is 5.91 Å². The number of nitrogens with one attached hydrogen (secondary N) is 1. The zero-order valence-electron chi connectivity index (χ0n) is 13.6. The van der Waals surface area contributed by atoms with E-state index >= 15 is 0 Å². The van der Waals surface area contributed by atoms with Crippen LogP contribution in [0.25, 0.3) is 0 Å². The van der Waals surface area contributed by atoms with Gasteiger partial charge in [-0.15, -0.1) is 0 Å². The van der Waals surface area contributed by atoms with Gasteiger partial charge < -0.3 is 10.2 Å². The molecule has 1 aromatic carbocycles. The van der Waals surface area contributed by atoms with E-state index in [-0.39, 0.29) is 11.3 Å². The van der Waals surface area contributed by atoms with Gasteiger partial charge in [-0.1, -0.05) is 45.4 Å². The predicted molar refractivity (Wildman–Crippen MR) is 87.8 cm³/mol. The SMILES string of the molecule is CCCC1(CCN(CC)CC)CNC(=O)c2ccccc21. The fourth-order valence-corrected chi connectivity index (χ4v) is 3.55.